The first-order valence-corrected chi connectivity index (χ1v) is 12.2. The van der Waals surface area contributed by atoms with E-state index in [9.17, 15) is 27.6 Å². The lowest BCUT2D eigenvalue weighted by Crippen LogP contribution is -2.61. The van der Waals surface area contributed by atoms with Crippen molar-refractivity contribution in [2.45, 2.75) is 50.4 Å². The fourth-order valence-corrected chi connectivity index (χ4v) is 4.47. The van der Waals surface area contributed by atoms with Gasteiger partial charge in [0.25, 0.3) is 5.92 Å². The highest BCUT2D eigenvalue weighted by Gasteiger charge is 2.46. The second-order valence-corrected chi connectivity index (χ2v) is 9.79. The van der Waals surface area contributed by atoms with Crippen molar-refractivity contribution in [3.8, 4) is 0 Å². The molecule has 0 unspecified atom stereocenters. The molecule has 0 saturated carbocycles. The summed E-state index contributed by atoms with van der Waals surface area (Å²) in [6.45, 7) is 1.83. The molecule has 198 valence electrons. The van der Waals surface area contributed by atoms with Crippen molar-refractivity contribution in [1.82, 2.24) is 25.4 Å². The topological polar surface area (TPSA) is 94.6 Å². The first kappa shape index (κ1) is 26.4. The number of likely N-dealkylation sites (tertiary alicyclic amines) is 2. The van der Waals surface area contributed by atoms with E-state index in [1.54, 1.807) is 6.20 Å². The van der Waals surface area contributed by atoms with Gasteiger partial charge in [0.2, 0.25) is 11.8 Å². The Morgan fingerprint density at radius 2 is 1.78 bits per heavy atom. The molecular weight excluding hydrogens is 487 g/mol. The van der Waals surface area contributed by atoms with Crippen molar-refractivity contribution in [3.63, 3.8) is 0 Å². The molecule has 0 radical (unpaired) electrons. The van der Waals surface area contributed by atoms with Crippen LogP contribution in [0.25, 0.3) is 0 Å². The molecule has 8 nitrogen and oxygen atoms in total. The third-order valence-corrected chi connectivity index (χ3v) is 6.59. The van der Waals surface area contributed by atoms with Crippen LogP contribution >= 0.6 is 0 Å². The number of hydrogen-bond donors (Lipinski definition) is 2. The number of amides is 4. The molecule has 1 aromatic heterocycles. The number of benzene rings is 1. The van der Waals surface area contributed by atoms with Crippen LogP contribution in [-0.2, 0) is 9.59 Å². The molecule has 37 heavy (non-hydrogen) atoms. The minimum atomic E-state index is -2.93. The molecule has 2 aliphatic rings. The largest absolute Gasteiger partial charge is 0.342 e. The smallest absolute Gasteiger partial charge is 0.318 e. The quantitative estimate of drug-likeness (QED) is 0.591. The predicted molar refractivity (Wildman–Crippen MR) is 130 cm³/mol. The molecule has 2 aliphatic heterocycles. The molecule has 2 aromatic rings. The summed E-state index contributed by atoms with van der Waals surface area (Å²) in [6.07, 6.45) is 0.149. The van der Waals surface area contributed by atoms with Gasteiger partial charge in [0.15, 0.2) is 0 Å². The summed E-state index contributed by atoms with van der Waals surface area (Å²) in [7, 11) is 0. The number of rotatable bonds is 7. The summed E-state index contributed by atoms with van der Waals surface area (Å²) < 4.78 is 40.3. The number of carbonyl (C=O) groups is 3. The lowest BCUT2D eigenvalue weighted by Gasteiger charge is -2.38. The van der Waals surface area contributed by atoms with Crippen LogP contribution in [0.4, 0.5) is 18.0 Å². The first-order valence-electron chi connectivity index (χ1n) is 12.2. The molecule has 0 aliphatic carbocycles. The number of alkyl halides is 3. The van der Waals surface area contributed by atoms with E-state index < -0.39 is 61.7 Å². The van der Waals surface area contributed by atoms with E-state index in [1.165, 1.54) is 0 Å². The van der Waals surface area contributed by atoms with E-state index in [0.29, 0.717) is 5.69 Å². The van der Waals surface area contributed by atoms with Gasteiger partial charge in [-0.1, -0.05) is 50.2 Å². The van der Waals surface area contributed by atoms with Gasteiger partial charge >= 0.3 is 6.03 Å². The summed E-state index contributed by atoms with van der Waals surface area (Å²) in [5.74, 6) is -3.87. The van der Waals surface area contributed by atoms with Crippen molar-refractivity contribution in [1.29, 1.82) is 0 Å². The molecule has 1 aromatic carbocycles. The van der Waals surface area contributed by atoms with Crippen molar-refractivity contribution in [2.75, 3.05) is 26.2 Å². The molecular formula is C26H30F3N5O3. The molecule has 4 amide bonds. The van der Waals surface area contributed by atoms with Crippen molar-refractivity contribution >= 4 is 17.8 Å². The van der Waals surface area contributed by atoms with E-state index in [1.807, 2.05) is 56.3 Å². The van der Waals surface area contributed by atoms with Gasteiger partial charge in [-0.25, -0.2) is 18.0 Å². The number of aromatic nitrogens is 1. The van der Waals surface area contributed by atoms with Gasteiger partial charge in [-0.15, -0.1) is 0 Å². The number of nitrogens with zero attached hydrogens (tertiary/aromatic N) is 3. The van der Waals surface area contributed by atoms with Crippen molar-refractivity contribution in [2.24, 2.45) is 0 Å². The van der Waals surface area contributed by atoms with Gasteiger partial charge in [-0.3, -0.25) is 14.6 Å². The van der Waals surface area contributed by atoms with E-state index >= 15 is 0 Å². The predicted octanol–water partition coefficient (Wildman–Crippen LogP) is 3.01. The molecule has 2 saturated heterocycles. The van der Waals surface area contributed by atoms with Crippen LogP contribution < -0.4 is 10.6 Å². The minimum Gasteiger partial charge on any atom is -0.342 e. The van der Waals surface area contributed by atoms with Gasteiger partial charge < -0.3 is 20.4 Å². The Morgan fingerprint density at radius 3 is 2.38 bits per heavy atom. The van der Waals surface area contributed by atoms with Gasteiger partial charge in [-0.2, -0.15) is 0 Å². The normalized spacial score (nSPS) is 21.4. The van der Waals surface area contributed by atoms with Crippen LogP contribution in [0.1, 0.15) is 49.0 Å². The van der Waals surface area contributed by atoms with E-state index in [-0.39, 0.29) is 18.9 Å². The molecule has 2 fully saturated rings. The van der Waals surface area contributed by atoms with Crippen LogP contribution in [0.15, 0.2) is 48.7 Å². The molecule has 2 N–H and O–H groups in total. The van der Waals surface area contributed by atoms with Crippen molar-refractivity contribution in [3.05, 3.63) is 65.5 Å². The highest BCUT2D eigenvalue weighted by Crippen LogP contribution is 2.27. The lowest BCUT2D eigenvalue weighted by molar-refractivity contribution is -0.138. The average molecular weight is 518 g/mol. The van der Waals surface area contributed by atoms with Crippen LogP contribution in [0, 0.1) is 0 Å². The summed E-state index contributed by atoms with van der Waals surface area (Å²) in [5.41, 5.74) is 2.40. The highest BCUT2D eigenvalue weighted by molar-refractivity contribution is 5.91. The number of nitrogens with one attached hydrogen (secondary N) is 2. The molecule has 0 bridgehead atoms. The maximum atomic E-state index is 14.4. The van der Waals surface area contributed by atoms with Gasteiger partial charge in [0, 0.05) is 12.6 Å². The van der Waals surface area contributed by atoms with E-state index in [0.717, 1.165) is 20.9 Å². The van der Waals surface area contributed by atoms with E-state index in [4.69, 9.17) is 0 Å². The van der Waals surface area contributed by atoms with Crippen LogP contribution in [0.2, 0.25) is 0 Å². The van der Waals surface area contributed by atoms with Gasteiger partial charge in [0.1, 0.15) is 12.2 Å². The Labute approximate surface area is 213 Å². The Morgan fingerprint density at radius 1 is 1.08 bits per heavy atom. The van der Waals surface area contributed by atoms with Crippen LogP contribution in [0.5, 0.6) is 0 Å². The maximum Gasteiger partial charge on any atom is 0.318 e. The molecule has 4 rings (SSSR count). The number of carbonyl (C=O) groups excluding carboxylic acids is 3. The SMILES string of the molecule is CC(C)c1ccc([C@@H](NC(=O)[C@@H]2C[C@@H](F)CN2C(=O)CNC(=O)N2CC(F)(F)C2)c2ccccc2)nc1. The summed E-state index contributed by atoms with van der Waals surface area (Å²) in [6, 6.07) is 10.4. The van der Waals surface area contributed by atoms with Gasteiger partial charge in [0.05, 0.1) is 37.9 Å². The fraction of sp³-hybridized carbons (Fsp3) is 0.462. The number of urea groups is 1. The van der Waals surface area contributed by atoms with Crippen molar-refractivity contribution < 1.29 is 27.6 Å². The summed E-state index contributed by atoms with van der Waals surface area (Å²) >= 11 is 0. The third-order valence-electron chi connectivity index (χ3n) is 6.59. The Hall–Kier alpha value is -3.63. The van der Waals surface area contributed by atoms with Crippen LogP contribution in [-0.4, -0.2) is 76.9 Å². The van der Waals surface area contributed by atoms with E-state index in [2.05, 4.69) is 15.6 Å². The molecule has 3 heterocycles. The number of hydrogen-bond acceptors (Lipinski definition) is 4. The highest BCUT2D eigenvalue weighted by atomic mass is 19.3. The monoisotopic (exact) mass is 517 g/mol. The Bertz CT molecular complexity index is 1120. The Balaban J connectivity index is 1.45. The number of halogens is 3. The fourth-order valence-electron chi connectivity index (χ4n) is 4.47. The zero-order valence-corrected chi connectivity index (χ0v) is 20.7. The molecule has 0 spiro atoms. The maximum absolute atomic E-state index is 14.4. The first-order chi connectivity index (χ1) is 17.5. The lowest BCUT2D eigenvalue weighted by atomic mass is 10.00. The zero-order chi connectivity index (χ0) is 26.7. The van der Waals surface area contributed by atoms with Crippen LogP contribution in [0.3, 0.4) is 0 Å². The summed E-state index contributed by atoms with van der Waals surface area (Å²) in [4.78, 5) is 44.6. The Kier molecular flexibility index (Phi) is 7.70. The molecule has 3 atom stereocenters. The third kappa shape index (κ3) is 6.20. The average Bonchev–Trinajstić information content (AvgIpc) is 3.26. The zero-order valence-electron chi connectivity index (χ0n) is 20.7. The summed E-state index contributed by atoms with van der Waals surface area (Å²) in [5, 5.41) is 5.19. The second-order valence-electron chi connectivity index (χ2n) is 9.79. The standard InChI is InChI=1S/C26H30F3N5O3/c1-16(2)18-8-9-20(30-11-18)23(17-6-4-3-5-7-17)32-24(36)21-10-19(27)13-34(21)22(35)12-31-25(37)33-14-26(28,29)15-33/h3-9,11,16,19,21,23H,10,12-15H2,1-2H3,(H,31,37)(H,32,36)/t19-,21+,23+/m1/s1. The minimum absolute atomic E-state index is 0.189. The molecule has 11 heteroatoms. The number of pyridine rings is 1. The van der Waals surface area contributed by atoms with Gasteiger partial charge in [-0.05, 0) is 23.1 Å². The second kappa shape index (κ2) is 10.8.